The van der Waals surface area contributed by atoms with E-state index in [0.29, 0.717) is 0 Å². The van der Waals surface area contributed by atoms with Crippen LogP contribution in [-0.2, 0) is 27.3 Å². The standard InChI is InChI=1S/C20H18F2N2O3S/c1-11-4-5-12(2)13(6-11)7-17(25)23-20-24(10-18(26)27-3)19-15(22)8-14(21)9-16(19)28-20/h4-6,8-9H,7,10H2,1-3H3. The van der Waals surface area contributed by atoms with Crippen molar-refractivity contribution in [2.75, 3.05) is 7.11 Å². The van der Waals surface area contributed by atoms with Crippen LogP contribution in [0.4, 0.5) is 8.78 Å². The van der Waals surface area contributed by atoms with Crippen LogP contribution < -0.4 is 4.80 Å². The van der Waals surface area contributed by atoms with Crippen LogP contribution in [-0.4, -0.2) is 23.6 Å². The van der Waals surface area contributed by atoms with Gasteiger partial charge in [-0.2, -0.15) is 4.99 Å². The fourth-order valence-electron chi connectivity index (χ4n) is 2.85. The van der Waals surface area contributed by atoms with Crippen LogP contribution in [0.2, 0.25) is 0 Å². The summed E-state index contributed by atoms with van der Waals surface area (Å²) in [6.45, 7) is 3.49. The van der Waals surface area contributed by atoms with Gasteiger partial charge >= 0.3 is 5.97 Å². The SMILES string of the molecule is COC(=O)Cn1c(=NC(=O)Cc2cc(C)ccc2C)sc2cc(F)cc(F)c21. The number of rotatable bonds is 4. The van der Waals surface area contributed by atoms with Gasteiger partial charge in [0.1, 0.15) is 12.4 Å². The minimum atomic E-state index is -0.835. The second-order valence-corrected chi connectivity index (χ2v) is 7.40. The summed E-state index contributed by atoms with van der Waals surface area (Å²) in [5.74, 6) is -2.66. The molecule has 0 spiro atoms. The lowest BCUT2D eigenvalue weighted by Gasteiger charge is -2.05. The number of carbonyl (C=O) groups is 2. The number of aromatic nitrogens is 1. The molecule has 0 saturated carbocycles. The van der Waals surface area contributed by atoms with E-state index in [9.17, 15) is 18.4 Å². The monoisotopic (exact) mass is 404 g/mol. The van der Waals surface area contributed by atoms with Gasteiger partial charge in [-0.25, -0.2) is 8.78 Å². The number of esters is 1. The lowest BCUT2D eigenvalue weighted by Crippen LogP contribution is -2.23. The zero-order valence-electron chi connectivity index (χ0n) is 15.6. The molecule has 1 aromatic heterocycles. The number of hydrogen-bond acceptors (Lipinski definition) is 4. The molecule has 0 aliphatic rings. The van der Waals surface area contributed by atoms with Gasteiger partial charge in [0.2, 0.25) is 0 Å². The molecule has 8 heteroatoms. The van der Waals surface area contributed by atoms with Crippen LogP contribution >= 0.6 is 11.3 Å². The minimum Gasteiger partial charge on any atom is -0.468 e. The van der Waals surface area contributed by atoms with Crippen LogP contribution in [0.5, 0.6) is 0 Å². The molecular weight excluding hydrogens is 386 g/mol. The Bertz CT molecular complexity index is 1150. The van der Waals surface area contributed by atoms with E-state index in [4.69, 9.17) is 0 Å². The van der Waals surface area contributed by atoms with Crippen LogP contribution in [0.3, 0.4) is 0 Å². The fraction of sp³-hybridized carbons (Fsp3) is 0.250. The zero-order valence-corrected chi connectivity index (χ0v) is 16.4. The smallest absolute Gasteiger partial charge is 0.325 e. The quantitative estimate of drug-likeness (QED) is 0.626. The van der Waals surface area contributed by atoms with Gasteiger partial charge in [-0.1, -0.05) is 35.1 Å². The number of amides is 1. The normalized spacial score (nSPS) is 11.8. The molecule has 2 aromatic carbocycles. The second-order valence-electron chi connectivity index (χ2n) is 6.39. The van der Waals surface area contributed by atoms with Crippen molar-refractivity contribution in [1.82, 2.24) is 4.57 Å². The highest BCUT2D eigenvalue weighted by molar-refractivity contribution is 7.16. The Labute approximate surface area is 163 Å². The highest BCUT2D eigenvalue weighted by Crippen LogP contribution is 2.22. The predicted molar refractivity (Wildman–Crippen MR) is 102 cm³/mol. The van der Waals surface area contributed by atoms with E-state index in [1.54, 1.807) is 0 Å². The summed E-state index contributed by atoms with van der Waals surface area (Å²) in [6, 6.07) is 7.65. The summed E-state index contributed by atoms with van der Waals surface area (Å²) in [5.41, 5.74) is 2.83. The molecule has 0 aliphatic heterocycles. The molecule has 0 N–H and O–H groups in total. The van der Waals surface area contributed by atoms with Crippen LogP contribution in [0.1, 0.15) is 16.7 Å². The molecule has 0 unspecified atom stereocenters. The third-order valence-electron chi connectivity index (χ3n) is 4.28. The van der Waals surface area contributed by atoms with Crippen molar-refractivity contribution in [3.05, 3.63) is 63.5 Å². The van der Waals surface area contributed by atoms with E-state index in [1.165, 1.54) is 11.7 Å². The summed E-state index contributed by atoms with van der Waals surface area (Å²) in [6.07, 6.45) is 0.0663. The molecule has 0 radical (unpaired) electrons. The molecule has 3 aromatic rings. The minimum absolute atomic E-state index is 0.00934. The largest absolute Gasteiger partial charge is 0.468 e. The van der Waals surface area contributed by atoms with E-state index in [2.05, 4.69) is 9.73 Å². The maximum absolute atomic E-state index is 14.3. The average Bonchev–Trinajstić information content (AvgIpc) is 2.94. The lowest BCUT2D eigenvalue weighted by atomic mass is 10.0. The summed E-state index contributed by atoms with van der Waals surface area (Å²) in [4.78, 5) is 28.5. The number of thiazole rings is 1. The summed E-state index contributed by atoms with van der Waals surface area (Å²) in [7, 11) is 1.20. The van der Waals surface area contributed by atoms with Crippen molar-refractivity contribution in [2.24, 2.45) is 4.99 Å². The van der Waals surface area contributed by atoms with Gasteiger partial charge in [-0.05, 0) is 31.0 Å². The molecule has 5 nitrogen and oxygen atoms in total. The molecule has 0 bridgehead atoms. The Morgan fingerprint density at radius 2 is 1.93 bits per heavy atom. The highest BCUT2D eigenvalue weighted by atomic mass is 32.1. The molecule has 28 heavy (non-hydrogen) atoms. The molecule has 0 aliphatic carbocycles. The van der Waals surface area contributed by atoms with Gasteiger partial charge in [0.25, 0.3) is 5.91 Å². The van der Waals surface area contributed by atoms with Crippen molar-refractivity contribution in [3.63, 3.8) is 0 Å². The Morgan fingerprint density at radius 1 is 1.18 bits per heavy atom. The van der Waals surface area contributed by atoms with Crippen molar-refractivity contribution < 1.29 is 23.1 Å². The third-order valence-corrected chi connectivity index (χ3v) is 5.30. The van der Waals surface area contributed by atoms with Crippen molar-refractivity contribution in [1.29, 1.82) is 0 Å². The Hall–Kier alpha value is -2.87. The van der Waals surface area contributed by atoms with E-state index in [-0.39, 0.29) is 28.0 Å². The van der Waals surface area contributed by atoms with Crippen LogP contribution in [0, 0.1) is 25.5 Å². The molecule has 0 saturated heterocycles. The molecular formula is C20H18F2N2O3S. The maximum atomic E-state index is 14.3. The Morgan fingerprint density at radius 3 is 2.64 bits per heavy atom. The third kappa shape index (κ3) is 4.17. The number of hydrogen-bond donors (Lipinski definition) is 0. The van der Waals surface area contributed by atoms with E-state index < -0.39 is 23.5 Å². The Balaban J connectivity index is 2.08. The first kappa shape index (κ1) is 19.9. The number of carbonyl (C=O) groups excluding carboxylic acids is 2. The number of aryl methyl sites for hydroxylation is 2. The van der Waals surface area contributed by atoms with Crippen LogP contribution in [0.15, 0.2) is 35.3 Å². The lowest BCUT2D eigenvalue weighted by molar-refractivity contribution is -0.141. The van der Waals surface area contributed by atoms with Crippen molar-refractivity contribution in [3.8, 4) is 0 Å². The number of halogens is 2. The molecule has 0 atom stereocenters. The fourth-order valence-corrected chi connectivity index (χ4v) is 3.94. The maximum Gasteiger partial charge on any atom is 0.325 e. The summed E-state index contributed by atoms with van der Waals surface area (Å²) in [5, 5.41) is 0. The van der Waals surface area contributed by atoms with Gasteiger partial charge in [0.15, 0.2) is 10.6 Å². The highest BCUT2D eigenvalue weighted by Gasteiger charge is 2.16. The second kappa shape index (κ2) is 8.02. The van der Waals surface area contributed by atoms with Crippen molar-refractivity contribution in [2.45, 2.75) is 26.8 Å². The van der Waals surface area contributed by atoms with E-state index in [1.807, 2.05) is 32.0 Å². The first-order valence-corrected chi connectivity index (χ1v) is 9.29. The topological polar surface area (TPSA) is 60.7 Å². The number of methoxy groups -OCH3 is 1. The summed E-state index contributed by atoms with van der Waals surface area (Å²) >= 11 is 0.939. The number of nitrogens with zero attached hydrogens (tertiary/aromatic N) is 2. The first-order valence-electron chi connectivity index (χ1n) is 8.47. The van der Waals surface area contributed by atoms with E-state index in [0.717, 1.165) is 40.2 Å². The molecule has 3 rings (SSSR count). The van der Waals surface area contributed by atoms with Crippen molar-refractivity contribution >= 4 is 33.4 Å². The zero-order chi connectivity index (χ0) is 20.4. The van der Waals surface area contributed by atoms with Gasteiger partial charge in [0, 0.05) is 6.07 Å². The van der Waals surface area contributed by atoms with Gasteiger partial charge in [-0.3, -0.25) is 9.59 Å². The Kier molecular flexibility index (Phi) is 5.69. The number of fused-ring (bicyclic) bond motifs is 1. The first-order chi connectivity index (χ1) is 13.3. The van der Waals surface area contributed by atoms with Gasteiger partial charge < -0.3 is 9.30 Å². The van der Waals surface area contributed by atoms with Gasteiger partial charge in [-0.15, -0.1) is 0 Å². The molecule has 1 amide bonds. The molecule has 1 heterocycles. The predicted octanol–water partition coefficient (Wildman–Crippen LogP) is 3.44. The van der Waals surface area contributed by atoms with Crippen LogP contribution in [0.25, 0.3) is 10.2 Å². The number of ether oxygens (including phenoxy) is 1. The molecule has 0 fully saturated rings. The number of benzene rings is 2. The van der Waals surface area contributed by atoms with E-state index >= 15 is 0 Å². The average molecular weight is 404 g/mol. The summed E-state index contributed by atoms with van der Waals surface area (Å²) < 4.78 is 34.0. The van der Waals surface area contributed by atoms with Gasteiger partial charge in [0.05, 0.1) is 23.7 Å². The molecule has 146 valence electrons.